The van der Waals surface area contributed by atoms with Crippen LogP contribution in [0.4, 0.5) is 0 Å². The first-order valence-corrected chi connectivity index (χ1v) is 6.25. The molecule has 78 valence electrons. The molecule has 1 aromatic heterocycles. The van der Waals surface area contributed by atoms with Gasteiger partial charge in [0, 0.05) is 10.5 Å². The number of oxazole rings is 1. The number of hydrogen-bond acceptors (Lipinski definition) is 3. The summed E-state index contributed by atoms with van der Waals surface area (Å²) in [7, 11) is 0. The van der Waals surface area contributed by atoms with Gasteiger partial charge in [0.1, 0.15) is 0 Å². The Kier molecular flexibility index (Phi) is 3.34. The summed E-state index contributed by atoms with van der Waals surface area (Å²) < 4.78 is 5.50. The average molecular weight is 240 g/mol. The molecular weight excluding hydrogens is 230 g/mol. The fourth-order valence-corrected chi connectivity index (χ4v) is 2.07. The van der Waals surface area contributed by atoms with Crippen LogP contribution in [0.25, 0.3) is 11.3 Å². The second kappa shape index (κ2) is 4.73. The van der Waals surface area contributed by atoms with Crippen LogP contribution in [0.15, 0.2) is 39.8 Å². The molecule has 0 N–H and O–H groups in total. The van der Waals surface area contributed by atoms with E-state index in [2.05, 4.69) is 11.1 Å². The standard InChI is InChI=1S/C11H10ClNOS/c1-15-10-5-3-2-4-8(10)9-7-13-11(6-12)14-9/h2-5,7H,6H2,1H3. The van der Waals surface area contributed by atoms with Crippen LogP contribution < -0.4 is 0 Å². The van der Waals surface area contributed by atoms with Gasteiger partial charge < -0.3 is 4.42 Å². The van der Waals surface area contributed by atoms with E-state index in [1.807, 2.05) is 24.5 Å². The quantitative estimate of drug-likeness (QED) is 0.602. The van der Waals surface area contributed by atoms with Crippen LogP contribution in [0.2, 0.25) is 0 Å². The molecule has 0 amide bonds. The SMILES string of the molecule is CSc1ccccc1-c1cnc(CCl)o1. The average Bonchev–Trinajstić information content (AvgIpc) is 2.77. The van der Waals surface area contributed by atoms with Crippen molar-refractivity contribution >= 4 is 23.4 Å². The molecule has 0 bridgehead atoms. The van der Waals surface area contributed by atoms with E-state index >= 15 is 0 Å². The molecule has 0 aliphatic heterocycles. The van der Waals surface area contributed by atoms with Crippen LogP contribution in [0, 0.1) is 0 Å². The zero-order chi connectivity index (χ0) is 10.7. The van der Waals surface area contributed by atoms with Crippen molar-refractivity contribution in [3.8, 4) is 11.3 Å². The van der Waals surface area contributed by atoms with E-state index in [4.69, 9.17) is 16.0 Å². The van der Waals surface area contributed by atoms with E-state index in [9.17, 15) is 0 Å². The number of benzene rings is 1. The number of thioether (sulfide) groups is 1. The third-order valence-corrected chi connectivity index (χ3v) is 3.06. The van der Waals surface area contributed by atoms with Crippen LogP contribution in [-0.4, -0.2) is 11.2 Å². The van der Waals surface area contributed by atoms with Gasteiger partial charge in [0.05, 0.1) is 12.1 Å². The van der Waals surface area contributed by atoms with Gasteiger partial charge in [-0.2, -0.15) is 0 Å². The summed E-state index contributed by atoms with van der Waals surface area (Å²) in [6.07, 6.45) is 3.75. The lowest BCUT2D eigenvalue weighted by Gasteiger charge is -2.02. The zero-order valence-corrected chi connectivity index (χ0v) is 9.81. The first-order valence-electron chi connectivity index (χ1n) is 4.49. The molecule has 0 unspecified atom stereocenters. The fourth-order valence-electron chi connectivity index (χ4n) is 1.34. The molecule has 0 aliphatic carbocycles. The first-order chi connectivity index (χ1) is 7.35. The molecule has 0 atom stereocenters. The van der Waals surface area contributed by atoms with E-state index in [-0.39, 0.29) is 0 Å². The minimum atomic E-state index is 0.307. The van der Waals surface area contributed by atoms with Gasteiger partial charge in [-0.3, -0.25) is 0 Å². The molecule has 0 radical (unpaired) electrons. The summed E-state index contributed by atoms with van der Waals surface area (Å²) in [5.74, 6) is 1.64. The zero-order valence-electron chi connectivity index (χ0n) is 8.24. The predicted molar refractivity (Wildman–Crippen MR) is 63.3 cm³/mol. The van der Waals surface area contributed by atoms with Gasteiger partial charge >= 0.3 is 0 Å². The van der Waals surface area contributed by atoms with Crippen molar-refractivity contribution in [3.63, 3.8) is 0 Å². The highest BCUT2D eigenvalue weighted by Crippen LogP contribution is 2.30. The van der Waals surface area contributed by atoms with Crippen LogP contribution in [-0.2, 0) is 5.88 Å². The molecule has 0 saturated carbocycles. The minimum Gasteiger partial charge on any atom is -0.439 e. The van der Waals surface area contributed by atoms with E-state index in [1.165, 1.54) is 4.90 Å². The van der Waals surface area contributed by atoms with Gasteiger partial charge in [0.25, 0.3) is 0 Å². The number of alkyl halides is 1. The maximum Gasteiger partial charge on any atom is 0.209 e. The van der Waals surface area contributed by atoms with Crippen LogP contribution in [0.1, 0.15) is 5.89 Å². The number of nitrogens with zero attached hydrogens (tertiary/aromatic N) is 1. The molecule has 4 heteroatoms. The second-order valence-electron chi connectivity index (χ2n) is 2.95. The molecule has 2 aromatic rings. The maximum atomic E-state index is 5.64. The molecule has 2 nitrogen and oxygen atoms in total. The first kappa shape index (κ1) is 10.6. The normalized spacial score (nSPS) is 10.5. The van der Waals surface area contributed by atoms with Crippen LogP contribution >= 0.6 is 23.4 Å². The smallest absolute Gasteiger partial charge is 0.209 e. The maximum absolute atomic E-state index is 5.64. The predicted octanol–water partition coefficient (Wildman–Crippen LogP) is 3.80. The largest absolute Gasteiger partial charge is 0.439 e. The molecule has 0 spiro atoms. The monoisotopic (exact) mass is 239 g/mol. The summed E-state index contributed by atoms with van der Waals surface area (Å²) in [5, 5.41) is 0. The minimum absolute atomic E-state index is 0.307. The van der Waals surface area contributed by atoms with E-state index in [0.717, 1.165) is 11.3 Å². The Labute approximate surface area is 97.7 Å². The molecule has 1 heterocycles. The van der Waals surface area contributed by atoms with E-state index in [1.54, 1.807) is 18.0 Å². The molecule has 0 saturated heterocycles. The number of hydrogen-bond donors (Lipinski definition) is 0. The van der Waals surface area contributed by atoms with Crippen molar-refractivity contribution in [2.75, 3.05) is 6.26 Å². The van der Waals surface area contributed by atoms with E-state index in [0.29, 0.717) is 11.8 Å². The van der Waals surface area contributed by atoms with Gasteiger partial charge in [-0.1, -0.05) is 18.2 Å². The Balaban J connectivity index is 2.44. The summed E-state index contributed by atoms with van der Waals surface area (Å²) in [6.45, 7) is 0. The third kappa shape index (κ3) is 2.19. The van der Waals surface area contributed by atoms with Crippen LogP contribution in [0.3, 0.4) is 0 Å². The highest BCUT2D eigenvalue weighted by molar-refractivity contribution is 7.98. The summed E-state index contributed by atoms with van der Waals surface area (Å²) >= 11 is 7.33. The third-order valence-electron chi connectivity index (χ3n) is 2.04. The van der Waals surface area contributed by atoms with Crippen molar-refractivity contribution in [1.82, 2.24) is 4.98 Å². The van der Waals surface area contributed by atoms with E-state index < -0.39 is 0 Å². The summed E-state index contributed by atoms with van der Waals surface area (Å²) in [6, 6.07) is 8.07. The Morgan fingerprint density at radius 3 is 2.87 bits per heavy atom. The van der Waals surface area contributed by atoms with Crippen molar-refractivity contribution in [1.29, 1.82) is 0 Å². The highest BCUT2D eigenvalue weighted by Gasteiger charge is 2.08. The van der Waals surface area contributed by atoms with Crippen LogP contribution in [0.5, 0.6) is 0 Å². The van der Waals surface area contributed by atoms with Gasteiger partial charge in [0.2, 0.25) is 5.89 Å². The van der Waals surface area contributed by atoms with Gasteiger partial charge in [-0.25, -0.2) is 4.98 Å². The highest BCUT2D eigenvalue weighted by atomic mass is 35.5. The van der Waals surface area contributed by atoms with Crippen molar-refractivity contribution in [2.24, 2.45) is 0 Å². The lowest BCUT2D eigenvalue weighted by molar-refractivity contribution is 0.528. The number of halogens is 1. The summed E-state index contributed by atoms with van der Waals surface area (Å²) in [4.78, 5) is 5.25. The van der Waals surface area contributed by atoms with Crippen molar-refractivity contribution < 1.29 is 4.42 Å². The van der Waals surface area contributed by atoms with Crippen molar-refractivity contribution in [2.45, 2.75) is 10.8 Å². The van der Waals surface area contributed by atoms with Crippen molar-refractivity contribution in [3.05, 3.63) is 36.4 Å². The molecule has 0 fully saturated rings. The molecule has 0 aliphatic rings. The topological polar surface area (TPSA) is 26.0 Å². The fraction of sp³-hybridized carbons (Fsp3) is 0.182. The number of aromatic nitrogens is 1. The lowest BCUT2D eigenvalue weighted by Crippen LogP contribution is -1.78. The number of rotatable bonds is 3. The Morgan fingerprint density at radius 2 is 2.20 bits per heavy atom. The Bertz CT molecular complexity index is 455. The van der Waals surface area contributed by atoms with Gasteiger partial charge in [0.15, 0.2) is 5.76 Å². The molecule has 15 heavy (non-hydrogen) atoms. The summed E-state index contributed by atoms with van der Waals surface area (Å²) in [5.41, 5.74) is 1.06. The Hall–Kier alpha value is -0.930. The lowest BCUT2D eigenvalue weighted by atomic mass is 10.2. The van der Waals surface area contributed by atoms with Gasteiger partial charge in [-0.15, -0.1) is 23.4 Å². The Morgan fingerprint density at radius 1 is 1.40 bits per heavy atom. The molecule has 1 aromatic carbocycles. The second-order valence-corrected chi connectivity index (χ2v) is 4.07. The molecule has 2 rings (SSSR count). The van der Waals surface area contributed by atoms with Gasteiger partial charge in [-0.05, 0) is 12.3 Å². The molecular formula is C11H10ClNOS.